The summed E-state index contributed by atoms with van der Waals surface area (Å²) in [4.78, 5) is 32.3. The van der Waals surface area contributed by atoms with Gasteiger partial charge in [-0.2, -0.15) is 0 Å². The molecule has 166 valence electrons. The number of amides is 1. The number of thioether (sulfide) groups is 1. The van der Waals surface area contributed by atoms with Gasteiger partial charge in [0.1, 0.15) is 0 Å². The second kappa shape index (κ2) is 9.92. The number of ether oxygens (including phenoxy) is 1. The molecule has 1 amide bonds. The largest absolute Gasteiger partial charge is 0.459 e. The number of benzene rings is 1. The summed E-state index contributed by atoms with van der Waals surface area (Å²) in [6, 6.07) is 6.99. The predicted octanol–water partition coefficient (Wildman–Crippen LogP) is 5.17. The topological polar surface area (TPSA) is 71.0 Å². The van der Waals surface area contributed by atoms with Crippen molar-refractivity contribution in [3.63, 3.8) is 0 Å². The van der Waals surface area contributed by atoms with E-state index in [-0.39, 0.29) is 24.5 Å². The van der Waals surface area contributed by atoms with E-state index in [9.17, 15) is 9.59 Å². The molecule has 0 aromatic heterocycles. The highest BCUT2D eigenvalue weighted by atomic mass is 35.5. The molecule has 0 spiro atoms. The first-order chi connectivity index (χ1) is 14.7. The number of amidine groups is 1. The molecule has 8 heteroatoms. The number of aliphatic imine (C=N–C) groups is 1. The van der Waals surface area contributed by atoms with Crippen LogP contribution >= 0.6 is 23.4 Å². The van der Waals surface area contributed by atoms with E-state index < -0.39 is 12.0 Å². The van der Waals surface area contributed by atoms with Gasteiger partial charge in [-0.15, -0.1) is 0 Å². The van der Waals surface area contributed by atoms with Crippen LogP contribution in [0.1, 0.15) is 59.1 Å². The van der Waals surface area contributed by atoms with E-state index in [2.05, 4.69) is 10.3 Å². The van der Waals surface area contributed by atoms with Crippen LogP contribution in [0.5, 0.6) is 0 Å². The van der Waals surface area contributed by atoms with Crippen LogP contribution in [0.15, 0.2) is 51.6 Å². The van der Waals surface area contributed by atoms with Gasteiger partial charge >= 0.3 is 5.97 Å². The van der Waals surface area contributed by atoms with Gasteiger partial charge in [-0.3, -0.25) is 4.79 Å². The number of carbonyl (C=O) groups is 2. The maximum Gasteiger partial charge on any atom is 0.338 e. The van der Waals surface area contributed by atoms with E-state index in [1.807, 2.05) is 56.2 Å². The molecule has 0 saturated carbocycles. The fourth-order valence-corrected chi connectivity index (χ4v) is 4.70. The van der Waals surface area contributed by atoms with Crippen molar-refractivity contribution in [2.45, 2.75) is 65.6 Å². The zero-order valence-electron chi connectivity index (χ0n) is 18.4. The van der Waals surface area contributed by atoms with Crippen molar-refractivity contribution < 1.29 is 14.3 Å². The number of nitrogens with one attached hydrogen (secondary N) is 1. The van der Waals surface area contributed by atoms with Crippen molar-refractivity contribution >= 4 is 40.4 Å². The highest BCUT2D eigenvalue weighted by Crippen LogP contribution is 2.46. The summed E-state index contributed by atoms with van der Waals surface area (Å²) in [5, 5.41) is 6.18. The first-order valence-corrected chi connectivity index (χ1v) is 11.7. The zero-order chi connectivity index (χ0) is 22.7. The fourth-order valence-electron chi connectivity index (χ4n) is 3.49. The Morgan fingerprint density at radius 1 is 1.29 bits per heavy atom. The summed E-state index contributed by atoms with van der Waals surface area (Å²) >= 11 is 8.01. The Balaban J connectivity index is 2.02. The van der Waals surface area contributed by atoms with Crippen LogP contribution in [-0.4, -0.2) is 34.1 Å². The van der Waals surface area contributed by atoms with Crippen molar-refractivity contribution in [1.82, 2.24) is 10.2 Å². The number of hydrogen-bond acceptors (Lipinski definition) is 6. The van der Waals surface area contributed by atoms with Crippen molar-refractivity contribution in [1.29, 1.82) is 0 Å². The van der Waals surface area contributed by atoms with Gasteiger partial charge in [0.2, 0.25) is 5.91 Å². The molecule has 31 heavy (non-hydrogen) atoms. The molecule has 0 saturated heterocycles. The average molecular weight is 462 g/mol. The quantitative estimate of drug-likeness (QED) is 0.567. The number of hydrogen-bond donors (Lipinski definition) is 1. The first-order valence-electron chi connectivity index (χ1n) is 10.4. The first kappa shape index (κ1) is 23.4. The lowest BCUT2D eigenvalue weighted by Gasteiger charge is -2.36. The maximum absolute atomic E-state index is 13.1. The maximum atomic E-state index is 13.1. The number of allylic oxidation sites excluding steroid dienone is 1. The SMILES string of the molecule is CC[C@@H](C)NC(=O)CC1=CSC2=NC(C)=C(C(=O)OC(C)C)[C@H](c3ccccc3Cl)N12. The number of nitrogens with zero attached hydrogens (tertiary/aromatic N) is 2. The Kier molecular flexibility index (Phi) is 7.49. The lowest BCUT2D eigenvalue weighted by molar-refractivity contribution is -0.143. The van der Waals surface area contributed by atoms with Gasteiger partial charge in [0.25, 0.3) is 0 Å². The second-order valence-corrected chi connectivity index (χ2v) is 9.17. The smallest absolute Gasteiger partial charge is 0.338 e. The zero-order valence-corrected chi connectivity index (χ0v) is 20.0. The third-order valence-electron chi connectivity index (χ3n) is 5.12. The Morgan fingerprint density at radius 2 is 2.00 bits per heavy atom. The monoisotopic (exact) mass is 461 g/mol. The van der Waals surface area contributed by atoms with E-state index >= 15 is 0 Å². The molecule has 1 aromatic carbocycles. The van der Waals surface area contributed by atoms with Gasteiger partial charge in [-0.05, 0) is 51.2 Å². The lowest BCUT2D eigenvalue weighted by atomic mass is 9.93. The Hall–Kier alpha value is -2.25. The molecule has 2 heterocycles. The van der Waals surface area contributed by atoms with E-state index in [0.717, 1.165) is 22.8 Å². The van der Waals surface area contributed by atoms with E-state index in [4.69, 9.17) is 16.3 Å². The molecule has 1 N–H and O–H groups in total. The number of esters is 1. The molecule has 0 radical (unpaired) electrons. The standard InChI is InChI=1S/C23H28ClN3O3S/c1-6-14(4)25-19(28)11-16-12-31-23-26-15(5)20(22(29)30-13(2)3)21(27(16)23)17-9-7-8-10-18(17)24/h7-10,12-14,21H,6,11H2,1-5H3,(H,25,28)/t14-,21+/m1/s1. The Labute approximate surface area is 192 Å². The fraction of sp³-hybridized carbons (Fsp3) is 0.435. The summed E-state index contributed by atoms with van der Waals surface area (Å²) in [6.45, 7) is 9.43. The molecule has 0 bridgehead atoms. The highest BCUT2D eigenvalue weighted by molar-refractivity contribution is 8.16. The molecule has 0 aliphatic carbocycles. The minimum atomic E-state index is -0.523. The van der Waals surface area contributed by atoms with Crippen LogP contribution in [0, 0.1) is 0 Å². The van der Waals surface area contributed by atoms with Crippen LogP contribution in [0.2, 0.25) is 5.02 Å². The van der Waals surface area contributed by atoms with E-state index in [1.165, 1.54) is 11.8 Å². The molecule has 6 nitrogen and oxygen atoms in total. The highest BCUT2D eigenvalue weighted by Gasteiger charge is 2.42. The Bertz CT molecular complexity index is 971. The van der Waals surface area contributed by atoms with E-state index in [1.54, 1.807) is 13.0 Å². The van der Waals surface area contributed by atoms with Crippen LogP contribution in [0.25, 0.3) is 0 Å². The number of fused-ring (bicyclic) bond motifs is 1. The van der Waals surface area contributed by atoms with Crippen molar-refractivity contribution in [2.24, 2.45) is 4.99 Å². The van der Waals surface area contributed by atoms with Gasteiger partial charge in [0, 0.05) is 16.8 Å². The van der Waals surface area contributed by atoms with Gasteiger partial charge in [0.15, 0.2) is 5.17 Å². The summed E-state index contributed by atoms with van der Waals surface area (Å²) in [7, 11) is 0. The molecular weight excluding hydrogens is 434 g/mol. The third-order valence-corrected chi connectivity index (χ3v) is 6.36. The summed E-state index contributed by atoms with van der Waals surface area (Å²) in [5.74, 6) is -0.501. The number of carbonyl (C=O) groups excluding carboxylic acids is 2. The predicted molar refractivity (Wildman–Crippen MR) is 126 cm³/mol. The van der Waals surface area contributed by atoms with Crippen LogP contribution in [-0.2, 0) is 14.3 Å². The average Bonchev–Trinajstić information content (AvgIpc) is 3.08. The van der Waals surface area contributed by atoms with E-state index in [0.29, 0.717) is 16.3 Å². The molecule has 3 rings (SSSR count). The van der Waals surface area contributed by atoms with Crippen molar-refractivity contribution in [3.8, 4) is 0 Å². The van der Waals surface area contributed by atoms with Crippen LogP contribution in [0.3, 0.4) is 0 Å². The molecule has 2 atom stereocenters. The molecule has 0 fully saturated rings. The van der Waals surface area contributed by atoms with Gasteiger partial charge < -0.3 is 15.0 Å². The molecule has 2 aliphatic heterocycles. The van der Waals surface area contributed by atoms with Crippen LogP contribution in [0.4, 0.5) is 0 Å². The molecular formula is C23H28ClN3O3S. The lowest BCUT2D eigenvalue weighted by Crippen LogP contribution is -2.39. The number of halogens is 1. The van der Waals surface area contributed by atoms with Crippen LogP contribution < -0.4 is 5.32 Å². The molecule has 1 aromatic rings. The number of rotatable bonds is 7. The Morgan fingerprint density at radius 3 is 2.65 bits per heavy atom. The van der Waals surface area contributed by atoms with Crippen molar-refractivity contribution in [2.75, 3.05) is 0 Å². The minimum Gasteiger partial charge on any atom is -0.459 e. The van der Waals surface area contributed by atoms with Gasteiger partial charge in [-0.25, -0.2) is 9.79 Å². The normalized spacial score (nSPS) is 19.1. The van der Waals surface area contributed by atoms with Crippen molar-refractivity contribution in [3.05, 3.63) is 57.2 Å². The summed E-state index contributed by atoms with van der Waals surface area (Å²) in [6.07, 6.45) is 0.767. The second-order valence-electron chi connectivity index (χ2n) is 7.92. The molecule has 2 aliphatic rings. The summed E-state index contributed by atoms with van der Waals surface area (Å²) < 4.78 is 5.54. The summed E-state index contributed by atoms with van der Waals surface area (Å²) in [5.41, 5.74) is 2.56. The molecule has 0 unspecified atom stereocenters. The minimum absolute atomic E-state index is 0.0714. The van der Waals surface area contributed by atoms with Gasteiger partial charge in [0.05, 0.1) is 29.8 Å². The third kappa shape index (κ3) is 5.15. The van der Waals surface area contributed by atoms with Gasteiger partial charge in [-0.1, -0.05) is 48.5 Å².